The summed E-state index contributed by atoms with van der Waals surface area (Å²) >= 11 is 0.779. The minimum Gasteiger partial charge on any atom is -0.480 e. The predicted molar refractivity (Wildman–Crippen MR) is 94.8 cm³/mol. The maximum atomic E-state index is 11.3. The molecule has 0 saturated carbocycles. The van der Waals surface area contributed by atoms with Crippen LogP contribution in [0.25, 0.3) is 11.1 Å². The Hall–Kier alpha value is -2.60. The van der Waals surface area contributed by atoms with Crippen LogP contribution in [0.4, 0.5) is 5.69 Å². The molecule has 0 saturated heterocycles. The number of carboxylic acid groups (broad SMARTS) is 1. The number of carbonyl (C=O) groups excluding carboxylic acids is 2. The van der Waals surface area contributed by atoms with E-state index < -0.39 is 11.2 Å². The first-order valence-corrected chi connectivity index (χ1v) is 8.13. The lowest BCUT2D eigenvalue weighted by molar-refractivity contribution is -0.136. The monoisotopic (exact) mass is 343 g/mol. The van der Waals surface area contributed by atoms with Crippen molar-refractivity contribution in [2.75, 3.05) is 5.32 Å². The van der Waals surface area contributed by atoms with Gasteiger partial charge in [0.25, 0.3) is 0 Å². The largest absolute Gasteiger partial charge is 0.480 e. The van der Waals surface area contributed by atoms with Gasteiger partial charge < -0.3 is 10.4 Å². The van der Waals surface area contributed by atoms with E-state index in [0.717, 1.165) is 22.9 Å². The van der Waals surface area contributed by atoms with Crippen molar-refractivity contribution < 1.29 is 19.5 Å². The Morgan fingerprint density at radius 3 is 2.17 bits per heavy atom. The number of rotatable bonds is 5. The molecular formula is C18H17NO4S. The Balaban J connectivity index is 2.34. The minimum absolute atomic E-state index is 0.164. The van der Waals surface area contributed by atoms with Gasteiger partial charge >= 0.3 is 5.97 Å². The van der Waals surface area contributed by atoms with E-state index in [1.807, 2.05) is 18.2 Å². The molecule has 2 aromatic rings. The first kappa shape index (κ1) is 17.7. The van der Waals surface area contributed by atoms with Crippen molar-refractivity contribution >= 4 is 34.4 Å². The molecule has 0 aromatic heterocycles. The second kappa shape index (κ2) is 7.79. The molecule has 0 bridgehead atoms. The van der Waals surface area contributed by atoms with E-state index >= 15 is 0 Å². The Labute approximate surface area is 144 Å². The molecule has 1 unspecified atom stereocenters. The summed E-state index contributed by atoms with van der Waals surface area (Å²) in [4.78, 5) is 33.9. The van der Waals surface area contributed by atoms with E-state index in [1.54, 1.807) is 30.3 Å². The van der Waals surface area contributed by atoms with Gasteiger partial charge in [-0.25, -0.2) is 0 Å². The van der Waals surface area contributed by atoms with Gasteiger partial charge in [-0.3, -0.25) is 14.4 Å². The number of anilines is 1. The highest BCUT2D eigenvalue weighted by Crippen LogP contribution is 2.33. The summed E-state index contributed by atoms with van der Waals surface area (Å²) in [6, 6.07) is 14.3. The smallest absolute Gasteiger partial charge is 0.321 e. The van der Waals surface area contributed by atoms with Crippen LogP contribution in [0.15, 0.2) is 48.5 Å². The molecule has 0 aliphatic rings. The van der Waals surface area contributed by atoms with Gasteiger partial charge in [0, 0.05) is 25.1 Å². The summed E-state index contributed by atoms with van der Waals surface area (Å²) in [5.41, 5.74) is 2.92. The van der Waals surface area contributed by atoms with Gasteiger partial charge in [-0.05, 0) is 17.2 Å². The zero-order valence-electron chi connectivity index (χ0n) is 13.3. The maximum absolute atomic E-state index is 11.3. The second-order valence-corrected chi connectivity index (χ2v) is 6.46. The molecule has 124 valence electrons. The van der Waals surface area contributed by atoms with Crippen molar-refractivity contribution in [3.63, 3.8) is 0 Å². The minimum atomic E-state index is -1.05. The molecule has 0 heterocycles. The molecule has 1 atom stereocenters. The normalized spacial score (nSPS) is 11.6. The summed E-state index contributed by atoms with van der Waals surface area (Å²) < 4.78 is 0. The van der Waals surface area contributed by atoms with E-state index in [2.05, 4.69) is 5.32 Å². The molecule has 0 fully saturated rings. The molecule has 0 radical (unpaired) electrons. The highest BCUT2D eigenvalue weighted by molar-refractivity contribution is 8.14. The Morgan fingerprint density at radius 1 is 1.00 bits per heavy atom. The zero-order chi connectivity index (χ0) is 17.7. The lowest BCUT2D eigenvalue weighted by Crippen LogP contribution is -2.09. The van der Waals surface area contributed by atoms with Crippen LogP contribution in [-0.4, -0.2) is 22.1 Å². The van der Waals surface area contributed by atoms with Crippen molar-refractivity contribution in [3.05, 3.63) is 54.1 Å². The molecule has 1 amide bonds. The topological polar surface area (TPSA) is 83.5 Å². The number of amides is 1. The number of aliphatic carboxylic acids is 1. The van der Waals surface area contributed by atoms with Crippen LogP contribution in [-0.2, 0) is 14.4 Å². The molecule has 0 aliphatic heterocycles. The average Bonchev–Trinajstić information content (AvgIpc) is 2.52. The third kappa shape index (κ3) is 4.45. The molecule has 2 rings (SSSR count). The van der Waals surface area contributed by atoms with E-state index in [9.17, 15) is 19.5 Å². The summed E-state index contributed by atoms with van der Waals surface area (Å²) in [6.07, 6.45) is 0. The fraction of sp³-hybridized carbons (Fsp3) is 0.167. The first-order chi connectivity index (χ1) is 11.4. The Morgan fingerprint density at radius 2 is 1.62 bits per heavy atom. The average molecular weight is 343 g/mol. The van der Waals surface area contributed by atoms with Crippen LogP contribution < -0.4 is 5.32 Å². The van der Waals surface area contributed by atoms with Gasteiger partial charge in [0.2, 0.25) is 5.91 Å². The van der Waals surface area contributed by atoms with E-state index in [0.29, 0.717) is 11.3 Å². The molecule has 6 heteroatoms. The maximum Gasteiger partial charge on any atom is 0.321 e. The predicted octanol–water partition coefficient (Wildman–Crippen LogP) is 3.72. The number of hydrogen-bond donors (Lipinski definition) is 2. The van der Waals surface area contributed by atoms with Crippen LogP contribution in [0.2, 0.25) is 0 Å². The van der Waals surface area contributed by atoms with Crippen molar-refractivity contribution in [2.45, 2.75) is 19.1 Å². The Kier molecular flexibility index (Phi) is 5.76. The van der Waals surface area contributed by atoms with Gasteiger partial charge in [0.1, 0.15) is 5.25 Å². The SMILES string of the molecule is CC(=O)Nc1ccccc1-c1ccc(C(SC(C)=O)C(=O)O)cc1. The fourth-order valence-corrected chi connectivity index (χ4v) is 3.02. The number of para-hydroxylation sites is 1. The van der Waals surface area contributed by atoms with Gasteiger partial charge in [-0.1, -0.05) is 54.2 Å². The number of benzene rings is 2. The summed E-state index contributed by atoms with van der Waals surface area (Å²) in [5, 5.41) is 10.9. The number of hydrogen-bond acceptors (Lipinski definition) is 4. The third-order valence-electron chi connectivity index (χ3n) is 3.27. The molecule has 2 aromatic carbocycles. The lowest BCUT2D eigenvalue weighted by Gasteiger charge is -2.13. The Bertz CT molecular complexity index is 771. The van der Waals surface area contributed by atoms with Gasteiger partial charge in [0.15, 0.2) is 5.12 Å². The number of carbonyl (C=O) groups is 3. The number of thioether (sulfide) groups is 1. The molecule has 24 heavy (non-hydrogen) atoms. The number of nitrogens with one attached hydrogen (secondary N) is 1. The first-order valence-electron chi connectivity index (χ1n) is 7.25. The van der Waals surface area contributed by atoms with Crippen LogP contribution in [0.1, 0.15) is 24.7 Å². The third-order valence-corrected chi connectivity index (χ3v) is 4.31. The zero-order valence-corrected chi connectivity index (χ0v) is 14.1. The number of carboxylic acids is 1. The van der Waals surface area contributed by atoms with Crippen LogP contribution in [0, 0.1) is 0 Å². The molecule has 0 spiro atoms. The van der Waals surface area contributed by atoms with E-state index in [4.69, 9.17) is 0 Å². The van der Waals surface area contributed by atoms with Crippen LogP contribution in [0.3, 0.4) is 0 Å². The summed E-state index contributed by atoms with van der Waals surface area (Å²) in [5.74, 6) is -1.22. The molecular weight excluding hydrogens is 326 g/mol. The van der Waals surface area contributed by atoms with Gasteiger partial charge in [-0.2, -0.15) is 0 Å². The molecule has 5 nitrogen and oxygen atoms in total. The lowest BCUT2D eigenvalue weighted by atomic mass is 10.0. The van der Waals surface area contributed by atoms with E-state index in [1.165, 1.54) is 13.8 Å². The standard InChI is InChI=1S/C18H17NO4S/c1-11(20)19-16-6-4-3-5-15(16)13-7-9-14(10-8-13)17(18(22)23)24-12(2)21/h3-10,17H,1-2H3,(H,19,20)(H,22,23). The van der Waals surface area contributed by atoms with Crippen LogP contribution >= 0.6 is 11.8 Å². The van der Waals surface area contributed by atoms with E-state index in [-0.39, 0.29) is 11.0 Å². The van der Waals surface area contributed by atoms with Gasteiger partial charge in [-0.15, -0.1) is 0 Å². The van der Waals surface area contributed by atoms with Crippen molar-refractivity contribution in [3.8, 4) is 11.1 Å². The summed E-state index contributed by atoms with van der Waals surface area (Å²) in [6.45, 7) is 2.79. The quantitative estimate of drug-likeness (QED) is 0.864. The molecule has 0 aliphatic carbocycles. The highest BCUT2D eigenvalue weighted by Gasteiger charge is 2.22. The fourth-order valence-electron chi connectivity index (χ4n) is 2.30. The van der Waals surface area contributed by atoms with Crippen molar-refractivity contribution in [2.24, 2.45) is 0 Å². The van der Waals surface area contributed by atoms with Crippen LogP contribution in [0.5, 0.6) is 0 Å². The second-order valence-electron chi connectivity index (χ2n) is 5.18. The summed E-state index contributed by atoms with van der Waals surface area (Å²) in [7, 11) is 0. The highest BCUT2D eigenvalue weighted by atomic mass is 32.2. The molecule has 2 N–H and O–H groups in total. The van der Waals surface area contributed by atoms with Crippen molar-refractivity contribution in [1.29, 1.82) is 0 Å². The van der Waals surface area contributed by atoms with Gasteiger partial charge in [0.05, 0.1) is 0 Å². The van der Waals surface area contributed by atoms with Crippen molar-refractivity contribution in [1.82, 2.24) is 0 Å².